The largest absolute Gasteiger partial charge is 0.497 e. The predicted molar refractivity (Wildman–Crippen MR) is 95.1 cm³/mol. The number of carbonyl (C=O) groups excluding carboxylic acids is 1. The number of aliphatic carboxylic acids is 1. The van der Waals surface area contributed by atoms with Crippen LogP contribution in [-0.4, -0.2) is 47.4 Å². The van der Waals surface area contributed by atoms with Crippen molar-refractivity contribution in [2.45, 2.75) is 25.8 Å². The Hall–Kier alpha value is -2.80. The third-order valence-corrected chi connectivity index (χ3v) is 4.79. The molecule has 1 aromatic carbocycles. The number of hydrogen-bond acceptors (Lipinski definition) is 4. The number of carboxylic acid groups (broad SMARTS) is 1. The fourth-order valence-corrected chi connectivity index (χ4v) is 3.29. The summed E-state index contributed by atoms with van der Waals surface area (Å²) in [5.74, 6) is -0.739. The maximum absolute atomic E-state index is 12.8. The third-order valence-electron chi connectivity index (χ3n) is 4.79. The summed E-state index contributed by atoms with van der Waals surface area (Å²) in [4.78, 5) is 24.4. The molecule has 1 unspecified atom stereocenters. The van der Waals surface area contributed by atoms with Crippen molar-refractivity contribution < 1.29 is 24.2 Å². The Labute approximate surface area is 151 Å². The van der Waals surface area contributed by atoms with E-state index in [0.29, 0.717) is 12.2 Å². The second-order valence-corrected chi connectivity index (χ2v) is 6.46. The zero-order valence-corrected chi connectivity index (χ0v) is 15.0. The summed E-state index contributed by atoms with van der Waals surface area (Å²) in [6.07, 6.45) is 0.255. The van der Waals surface area contributed by atoms with Gasteiger partial charge in [0, 0.05) is 30.1 Å². The maximum atomic E-state index is 12.8. The molecule has 1 aliphatic heterocycles. The lowest BCUT2D eigenvalue weighted by Gasteiger charge is -2.23. The molecule has 2 N–H and O–H groups in total. The number of carbonyl (C=O) groups is 2. The molecule has 1 fully saturated rings. The lowest BCUT2D eigenvalue weighted by atomic mass is 9.98. The van der Waals surface area contributed by atoms with Crippen LogP contribution >= 0.6 is 0 Å². The topological polar surface area (TPSA) is 89.8 Å². The molecule has 1 aliphatic rings. The molecule has 1 atom stereocenters. The summed E-state index contributed by atoms with van der Waals surface area (Å²) in [7, 11) is 1.61. The number of methoxy groups -OCH3 is 1. The number of aryl methyl sites for hydroxylation is 1. The molecule has 138 valence electrons. The number of rotatable bonds is 5. The van der Waals surface area contributed by atoms with Gasteiger partial charge in [-0.05, 0) is 44.2 Å². The van der Waals surface area contributed by atoms with E-state index in [4.69, 9.17) is 9.47 Å². The zero-order chi connectivity index (χ0) is 18.9. The standard InChI is InChI=1S/C19H22N2O5/c1-12-10-16(17(22)20-19(18(23)24)8-9-26-11-19)13(2)21(12)14-4-6-15(25-3)7-5-14/h4-7,10H,8-9,11H2,1-3H3,(H,20,22)(H,23,24). The lowest BCUT2D eigenvalue weighted by molar-refractivity contribution is -0.144. The third kappa shape index (κ3) is 3.06. The first-order valence-electron chi connectivity index (χ1n) is 8.35. The van der Waals surface area contributed by atoms with Crippen molar-refractivity contribution in [1.29, 1.82) is 0 Å². The number of nitrogens with zero attached hydrogens (tertiary/aromatic N) is 1. The van der Waals surface area contributed by atoms with Crippen LogP contribution in [0.5, 0.6) is 5.75 Å². The Morgan fingerprint density at radius 3 is 2.50 bits per heavy atom. The number of aromatic nitrogens is 1. The maximum Gasteiger partial charge on any atom is 0.331 e. The van der Waals surface area contributed by atoms with E-state index >= 15 is 0 Å². The number of nitrogens with one attached hydrogen (secondary N) is 1. The molecule has 2 heterocycles. The van der Waals surface area contributed by atoms with Crippen molar-refractivity contribution in [3.8, 4) is 11.4 Å². The molecule has 2 aromatic rings. The van der Waals surface area contributed by atoms with Gasteiger partial charge in [0.05, 0.1) is 19.3 Å². The Balaban J connectivity index is 1.91. The highest BCUT2D eigenvalue weighted by atomic mass is 16.5. The van der Waals surface area contributed by atoms with Gasteiger partial charge in [-0.25, -0.2) is 4.79 Å². The first-order valence-corrected chi connectivity index (χ1v) is 8.35. The van der Waals surface area contributed by atoms with Crippen molar-refractivity contribution in [3.05, 3.63) is 47.3 Å². The highest BCUT2D eigenvalue weighted by Crippen LogP contribution is 2.25. The molecular formula is C19H22N2O5. The first-order chi connectivity index (χ1) is 12.4. The average molecular weight is 358 g/mol. The molecule has 0 radical (unpaired) electrons. The van der Waals surface area contributed by atoms with Gasteiger partial charge in [0.2, 0.25) is 0 Å². The van der Waals surface area contributed by atoms with Crippen molar-refractivity contribution in [2.75, 3.05) is 20.3 Å². The van der Waals surface area contributed by atoms with E-state index in [1.807, 2.05) is 42.7 Å². The van der Waals surface area contributed by atoms with E-state index in [2.05, 4.69) is 5.32 Å². The van der Waals surface area contributed by atoms with Crippen molar-refractivity contribution in [1.82, 2.24) is 9.88 Å². The second-order valence-electron chi connectivity index (χ2n) is 6.46. The van der Waals surface area contributed by atoms with Crippen LogP contribution in [-0.2, 0) is 9.53 Å². The smallest absolute Gasteiger partial charge is 0.331 e. The molecule has 0 bridgehead atoms. The molecule has 0 saturated carbocycles. The molecule has 26 heavy (non-hydrogen) atoms. The summed E-state index contributed by atoms with van der Waals surface area (Å²) in [6, 6.07) is 9.28. The van der Waals surface area contributed by atoms with E-state index in [1.54, 1.807) is 13.2 Å². The average Bonchev–Trinajstić information content (AvgIpc) is 3.20. The second kappa shape index (κ2) is 6.84. The van der Waals surface area contributed by atoms with E-state index in [9.17, 15) is 14.7 Å². The Morgan fingerprint density at radius 1 is 1.27 bits per heavy atom. The van der Waals surface area contributed by atoms with E-state index < -0.39 is 17.4 Å². The molecule has 1 amide bonds. The van der Waals surface area contributed by atoms with E-state index in [-0.39, 0.29) is 13.0 Å². The molecule has 1 aromatic heterocycles. The number of benzene rings is 1. The van der Waals surface area contributed by atoms with Crippen LogP contribution in [0.3, 0.4) is 0 Å². The van der Waals surface area contributed by atoms with Crippen LogP contribution in [0.2, 0.25) is 0 Å². The van der Waals surface area contributed by atoms with Gasteiger partial charge in [0.1, 0.15) is 5.75 Å². The van der Waals surface area contributed by atoms with Gasteiger partial charge in [-0.1, -0.05) is 0 Å². The molecule has 0 aliphatic carbocycles. The summed E-state index contributed by atoms with van der Waals surface area (Å²) < 4.78 is 12.3. The van der Waals surface area contributed by atoms with Gasteiger partial charge in [0.15, 0.2) is 5.54 Å². The quantitative estimate of drug-likeness (QED) is 0.854. The van der Waals surface area contributed by atoms with Crippen LogP contribution in [0.4, 0.5) is 0 Å². The SMILES string of the molecule is COc1ccc(-n2c(C)cc(C(=O)NC3(C(=O)O)CCOC3)c2C)cc1. The van der Waals surface area contributed by atoms with Crippen LogP contribution in [0, 0.1) is 13.8 Å². The van der Waals surface area contributed by atoms with Crippen LogP contribution in [0.15, 0.2) is 30.3 Å². The highest BCUT2D eigenvalue weighted by Gasteiger charge is 2.44. The van der Waals surface area contributed by atoms with Gasteiger partial charge in [-0.3, -0.25) is 4.79 Å². The minimum absolute atomic E-state index is 0.0225. The first kappa shape index (κ1) is 18.0. The molecule has 1 saturated heterocycles. The van der Waals surface area contributed by atoms with Crippen LogP contribution < -0.4 is 10.1 Å². The number of amides is 1. The minimum atomic E-state index is -1.36. The molecule has 0 spiro atoms. The van der Waals surface area contributed by atoms with Crippen molar-refractivity contribution >= 4 is 11.9 Å². The van der Waals surface area contributed by atoms with Crippen LogP contribution in [0.25, 0.3) is 5.69 Å². The molecular weight excluding hydrogens is 336 g/mol. The summed E-state index contributed by atoms with van der Waals surface area (Å²) >= 11 is 0. The van der Waals surface area contributed by atoms with Gasteiger partial charge in [-0.15, -0.1) is 0 Å². The fraction of sp³-hybridized carbons (Fsp3) is 0.368. The van der Waals surface area contributed by atoms with Crippen LogP contribution in [0.1, 0.15) is 28.2 Å². The highest BCUT2D eigenvalue weighted by molar-refractivity contribution is 5.99. The van der Waals surface area contributed by atoms with Gasteiger partial charge in [0.25, 0.3) is 5.91 Å². The molecule has 7 nitrogen and oxygen atoms in total. The van der Waals surface area contributed by atoms with Gasteiger partial charge in [-0.2, -0.15) is 0 Å². The normalized spacial score (nSPS) is 19.3. The minimum Gasteiger partial charge on any atom is -0.497 e. The van der Waals surface area contributed by atoms with Gasteiger partial charge < -0.3 is 24.5 Å². The zero-order valence-electron chi connectivity index (χ0n) is 15.0. The molecule has 3 rings (SSSR count). The Morgan fingerprint density at radius 2 is 1.96 bits per heavy atom. The van der Waals surface area contributed by atoms with Crippen molar-refractivity contribution in [2.24, 2.45) is 0 Å². The summed E-state index contributed by atoms with van der Waals surface area (Å²) in [5.41, 5.74) is 1.61. The van der Waals surface area contributed by atoms with Gasteiger partial charge >= 0.3 is 5.97 Å². The Kier molecular flexibility index (Phi) is 4.73. The number of ether oxygens (including phenoxy) is 2. The predicted octanol–water partition coefficient (Wildman–Crippen LogP) is 2.08. The Bertz CT molecular complexity index is 832. The fourth-order valence-electron chi connectivity index (χ4n) is 3.29. The number of hydrogen-bond donors (Lipinski definition) is 2. The lowest BCUT2D eigenvalue weighted by Crippen LogP contribution is -2.55. The monoisotopic (exact) mass is 358 g/mol. The van der Waals surface area contributed by atoms with E-state index in [1.165, 1.54) is 0 Å². The summed E-state index contributed by atoms with van der Waals surface area (Å²) in [6.45, 7) is 4.03. The van der Waals surface area contributed by atoms with E-state index in [0.717, 1.165) is 22.8 Å². The molecule has 7 heteroatoms. The summed E-state index contributed by atoms with van der Waals surface area (Å²) in [5, 5.41) is 12.2. The number of carboxylic acids is 1. The van der Waals surface area contributed by atoms with Crippen molar-refractivity contribution in [3.63, 3.8) is 0 Å².